The highest BCUT2D eigenvalue weighted by Crippen LogP contribution is 2.08. The molecule has 0 radical (unpaired) electrons. The van der Waals surface area contributed by atoms with Crippen molar-refractivity contribution in [1.29, 1.82) is 0 Å². The van der Waals surface area contributed by atoms with E-state index in [1.54, 1.807) is 20.0 Å². The molecule has 24 heavy (non-hydrogen) atoms. The molecule has 1 rings (SSSR count). The van der Waals surface area contributed by atoms with E-state index in [9.17, 15) is 9.59 Å². The van der Waals surface area contributed by atoms with Gasteiger partial charge in [-0.1, -0.05) is 24.3 Å². The number of amides is 1. The maximum Gasteiger partial charge on any atom is 0.335 e. The van der Waals surface area contributed by atoms with E-state index < -0.39 is 12.1 Å². The zero-order valence-electron chi connectivity index (χ0n) is 14.3. The summed E-state index contributed by atoms with van der Waals surface area (Å²) in [5.74, 6) is -0.0288. The second kappa shape index (κ2) is 11.2. The molecule has 0 aliphatic carbocycles. The summed E-state index contributed by atoms with van der Waals surface area (Å²) in [5.41, 5.74) is 0. The van der Waals surface area contributed by atoms with E-state index in [1.165, 1.54) is 4.90 Å². The Bertz CT molecular complexity index is 517. The molecule has 0 aliphatic rings. The third-order valence-corrected chi connectivity index (χ3v) is 3.21. The summed E-state index contributed by atoms with van der Waals surface area (Å²) < 4.78 is 15.6. The quantitative estimate of drug-likeness (QED) is 0.352. The van der Waals surface area contributed by atoms with E-state index in [1.807, 2.05) is 30.3 Å². The van der Waals surface area contributed by atoms with Gasteiger partial charge in [0.25, 0.3) is 5.91 Å². The largest absolute Gasteiger partial charge is 0.494 e. The SMILES string of the molecule is C=CCOC(C)C(=O)OCC(=O)N(C)CCCOc1ccccc1. The molecule has 132 valence electrons. The standard InChI is InChI=1S/C18H25NO5/c1-4-12-22-15(2)18(21)24-14-17(20)19(3)11-8-13-23-16-9-6-5-7-10-16/h4-7,9-10,15H,1,8,11-14H2,2-3H3. The lowest BCUT2D eigenvalue weighted by molar-refractivity contribution is -0.160. The van der Waals surface area contributed by atoms with Crippen LogP contribution in [0.2, 0.25) is 0 Å². The number of likely N-dealkylation sites (N-methyl/N-ethyl adjacent to an activating group) is 1. The Morgan fingerprint density at radius 1 is 1.29 bits per heavy atom. The number of esters is 1. The maximum absolute atomic E-state index is 11.9. The van der Waals surface area contributed by atoms with Crippen LogP contribution in [0.25, 0.3) is 0 Å². The number of benzene rings is 1. The van der Waals surface area contributed by atoms with Crippen LogP contribution in [0.3, 0.4) is 0 Å². The molecule has 6 heteroatoms. The van der Waals surface area contributed by atoms with Crippen molar-refractivity contribution in [3.63, 3.8) is 0 Å². The first-order chi connectivity index (χ1) is 11.5. The van der Waals surface area contributed by atoms with Crippen LogP contribution in [0.1, 0.15) is 13.3 Å². The molecule has 6 nitrogen and oxygen atoms in total. The highest BCUT2D eigenvalue weighted by molar-refractivity contribution is 5.81. The minimum atomic E-state index is -0.722. The number of ether oxygens (including phenoxy) is 3. The zero-order chi connectivity index (χ0) is 17.8. The molecule has 1 amide bonds. The van der Waals surface area contributed by atoms with E-state index in [4.69, 9.17) is 14.2 Å². The molecule has 0 spiro atoms. The second-order valence-electron chi connectivity index (χ2n) is 5.20. The Labute approximate surface area is 143 Å². The van der Waals surface area contributed by atoms with Gasteiger partial charge < -0.3 is 19.1 Å². The van der Waals surface area contributed by atoms with Crippen LogP contribution in [0.4, 0.5) is 0 Å². The number of para-hydroxylation sites is 1. The van der Waals surface area contributed by atoms with Gasteiger partial charge in [-0.3, -0.25) is 4.79 Å². The van der Waals surface area contributed by atoms with Gasteiger partial charge in [-0.05, 0) is 25.5 Å². The molecule has 1 aromatic carbocycles. The van der Waals surface area contributed by atoms with Gasteiger partial charge in [0.05, 0.1) is 13.2 Å². The van der Waals surface area contributed by atoms with Crippen LogP contribution in [0, 0.1) is 0 Å². The number of carbonyl (C=O) groups excluding carboxylic acids is 2. The van der Waals surface area contributed by atoms with Crippen molar-refractivity contribution in [2.24, 2.45) is 0 Å². The third-order valence-electron chi connectivity index (χ3n) is 3.21. The molecule has 0 N–H and O–H groups in total. The predicted molar refractivity (Wildman–Crippen MR) is 90.8 cm³/mol. The highest BCUT2D eigenvalue weighted by Gasteiger charge is 2.17. The normalized spacial score (nSPS) is 11.4. The Morgan fingerprint density at radius 3 is 2.67 bits per heavy atom. The second-order valence-corrected chi connectivity index (χ2v) is 5.20. The molecule has 0 saturated carbocycles. The van der Waals surface area contributed by atoms with Crippen LogP contribution in [-0.4, -0.2) is 56.3 Å². The summed E-state index contributed by atoms with van der Waals surface area (Å²) in [4.78, 5) is 25.0. The monoisotopic (exact) mass is 335 g/mol. The van der Waals surface area contributed by atoms with Crippen LogP contribution in [-0.2, 0) is 19.1 Å². The van der Waals surface area contributed by atoms with Gasteiger partial charge in [0.15, 0.2) is 12.7 Å². The van der Waals surface area contributed by atoms with Gasteiger partial charge in [0.1, 0.15) is 5.75 Å². The fourth-order valence-corrected chi connectivity index (χ4v) is 1.77. The first-order valence-electron chi connectivity index (χ1n) is 7.85. The van der Waals surface area contributed by atoms with Crippen LogP contribution in [0.15, 0.2) is 43.0 Å². The summed E-state index contributed by atoms with van der Waals surface area (Å²) in [5, 5.41) is 0. The lowest BCUT2D eigenvalue weighted by Gasteiger charge is -2.18. The summed E-state index contributed by atoms with van der Waals surface area (Å²) >= 11 is 0. The fraction of sp³-hybridized carbons (Fsp3) is 0.444. The van der Waals surface area contributed by atoms with Gasteiger partial charge in [-0.25, -0.2) is 4.79 Å². The molecule has 1 aromatic rings. The van der Waals surface area contributed by atoms with Crippen molar-refractivity contribution >= 4 is 11.9 Å². The average Bonchev–Trinajstić information content (AvgIpc) is 2.61. The summed E-state index contributed by atoms with van der Waals surface area (Å²) in [7, 11) is 1.66. The average molecular weight is 335 g/mol. The van der Waals surface area contributed by atoms with Crippen molar-refractivity contribution in [1.82, 2.24) is 4.90 Å². The predicted octanol–water partition coefficient (Wildman–Crippen LogP) is 2.05. The number of hydrogen-bond acceptors (Lipinski definition) is 5. The molecule has 1 atom stereocenters. The summed E-state index contributed by atoms with van der Waals surface area (Å²) in [6.45, 7) is 6.05. The Morgan fingerprint density at radius 2 is 2.00 bits per heavy atom. The van der Waals surface area contributed by atoms with E-state index in [2.05, 4.69) is 6.58 Å². The fourth-order valence-electron chi connectivity index (χ4n) is 1.77. The maximum atomic E-state index is 11.9. The molecule has 0 bridgehead atoms. The van der Waals surface area contributed by atoms with Crippen molar-refractivity contribution in [2.75, 3.05) is 33.4 Å². The number of rotatable bonds is 11. The van der Waals surface area contributed by atoms with Crippen LogP contribution >= 0.6 is 0 Å². The van der Waals surface area contributed by atoms with E-state index in [-0.39, 0.29) is 19.1 Å². The molecule has 1 unspecified atom stereocenters. The van der Waals surface area contributed by atoms with Gasteiger partial charge in [0, 0.05) is 13.6 Å². The van der Waals surface area contributed by atoms with Crippen molar-refractivity contribution in [3.05, 3.63) is 43.0 Å². The van der Waals surface area contributed by atoms with Crippen molar-refractivity contribution in [3.8, 4) is 5.75 Å². The van der Waals surface area contributed by atoms with Gasteiger partial charge in [0.2, 0.25) is 0 Å². The zero-order valence-corrected chi connectivity index (χ0v) is 14.3. The molecular formula is C18H25NO5. The Hall–Kier alpha value is -2.34. The molecule has 0 aliphatic heterocycles. The highest BCUT2D eigenvalue weighted by atomic mass is 16.6. The third kappa shape index (κ3) is 7.78. The Balaban J connectivity index is 2.17. The summed E-state index contributed by atoms with van der Waals surface area (Å²) in [6, 6.07) is 9.48. The molecule has 0 fully saturated rings. The number of hydrogen-bond donors (Lipinski definition) is 0. The summed E-state index contributed by atoms with van der Waals surface area (Å²) in [6.07, 6.45) is 1.50. The van der Waals surface area contributed by atoms with Gasteiger partial charge in [-0.2, -0.15) is 0 Å². The lowest BCUT2D eigenvalue weighted by Crippen LogP contribution is -2.34. The van der Waals surface area contributed by atoms with Crippen LogP contribution < -0.4 is 4.74 Å². The van der Waals surface area contributed by atoms with Gasteiger partial charge in [-0.15, -0.1) is 6.58 Å². The van der Waals surface area contributed by atoms with Crippen molar-refractivity contribution < 1.29 is 23.8 Å². The number of nitrogens with zero attached hydrogens (tertiary/aromatic N) is 1. The minimum Gasteiger partial charge on any atom is -0.494 e. The van der Waals surface area contributed by atoms with E-state index in [0.717, 1.165) is 5.75 Å². The van der Waals surface area contributed by atoms with Gasteiger partial charge >= 0.3 is 5.97 Å². The molecular weight excluding hydrogens is 310 g/mol. The Kier molecular flexibility index (Phi) is 9.23. The first-order valence-corrected chi connectivity index (χ1v) is 7.85. The van der Waals surface area contributed by atoms with Crippen LogP contribution in [0.5, 0.6) is 5.75 Å². The minimum absolute atomic E-state index is 0.255. The van der Waals surface area contributed by atoms with E-state index in [0.29, 0.717) is 19.6 Å². The smallest absolute Gasteiger partial charge is 0.335 e. The lowest BCUT2D eigenvalue weighted by atomic mass is 10.3. The first kappa shape index (κ1) is 19.7. The number of carbonyl (C=O) groups is 2. The molecule has 0 saturated heterocycles. The van der Waals surface area contributed by atoms with Crippen molar-refractivity contribution in [2.45, 2.75) is 19.4 Å². The van der Waals surface area contributed by atoms with E-state index >= 15 is 0 Å². The molecule has 0 aromatic heterocycles. The topological polar surface area (TPSA) is 65.1 Å². The molecule has 0 heterocycles.